The molecule has 1 atom stereocenters. The Bertz CT molecular complexity index is 1420. The molecular formula is C24H25N3O3S. The van der Waals surface area contributed by atoms with E-state index in [2.05, 4.69) is 0 Å². The maximum absolute atomic E-state index is 13.6. The third-order valence-electron chi connectivity index (χ3n) is 5.66. The van der Waals surface area contributed by atoms with Gasteiger partial charge in [-0.3, -0.25) is 9.36 Å². The van der Waals surface area contributed by atoms with Gasteiger partial charge in [-0.15, -0.1) is 0 Å². The Morgan fingerprint density at radius 3 is 2.35 bits per heavy atom. The van der Waals surface area contributed by atoms with Crippen LogP contribution in [0, 0.1) is 0 Å². The molecule has 0 N–H and O–H groups in total. The van der Waals surface area contributed by atoms with Crippen LogP contribution in [0.1, 0.15) is 32.1 Å². The summed E-state index contributed by atoms with van der Waals surface area (Å²) in [6, 6.07) is 19.2. The van der Waals surface area contributed by atoms with Crippen LogP contribution < -0.4 is 5.56 Å². The van der Waals surface area contributed by atoms with Crippen molar-refractivity contribution in [2.45, 2.75) is 37.8 Å². The van der Waals surface area contributed by atoms with E-state index in [9.17, 15) is 13.2 Å². The highest BCUT2D eigenvalue weighted by molar-refractivity contribution is 7.89. The molecule has 0 fully saturated rings. The van der Waals surface area contributed by atoms with Crippen molar-refractivity contribution in [3.8, 4) is 0 Å². The van der Waals surface area contributed by atoms with Crippen LogP contribution in [0.4, 0.5) is 0 Å². The first-order valence-corrected chi connectivity index (χ1v) is 11.8. The van der Waals surface area contributed by atoms with Crippen LogP contribution in [0.5, 0.6) is 0 Å². The van der Waals surface area contributed by atoms with E-state index in [-0.39, 0.29) is 10.5 Å². The van der Waals surface area contributed by atoms with Gasteiger partial charge in [0.05, 0.1) is 21.8 Å². The highest BCUT2D eigenvalue weighted by Gasteiger charge is 2.30. The van der Waals surface area contributed by atoms with Crippen molar-refractivity contribution in [2.75, 3.05) is 7.05 Å². The Kier molecular flexibility index (Phi) is 5.64. The number of para-hydroxylation sites is 1. The van der Waals surface area contributed by atoms with Crippen molar-refractivity contribution in [1.82, 2.24) is 13.9 Å². The molecule has 3 aromatic carbocycles. The van der Waals surface area contributed by atoms with Crippen LogP contribution >= 0.6 is 0 Å². The van der Waals surface area contributed by atoms with E-state index in [0.29, 0.717) is 28.7 Å². The minimum absolute atomic E-state index is 0.148. The minimum Gasteiger partial charge on any atom is -0.295 e. The number of nitrogens with zero attached hydrogens (tertiary/aromatic N) is 3. The molecule has 6 nitrogen and oxygen atoms in total. The molecule has 7 heteroatoms. The normalized spacial score (nSPS) is 13.2. The fourth-order valence-corrected chi connectivity index (χ4v) is 5.43. The van der Waals surface area contributed by atoms with Crippen molar-refractivity contribution in [1.29, 1.82) is 0 Å². The summed E-state index contributed by atoms with van der Waals surface area (Å²) in [4.78, 5) is 18.1. The molecule has 0 aliphatic rings. The number of sulfonamides is 1. The Balaban J connectivity index is 1.86. The number of rotatable bonds is 6. The van der Waals surface area contributed by atoms with Crippen molar-refractivity contribution < 1.29 is 8.42 Å². The number of fused-ring (bicyclic) bond motifs is 2. The third kappa shape index (κ3) is 3.64. The van der Waals surface area contributed by atoms with Crippen LogP contribution in [0.15, 0.2) is 76.4 Å². The molecule has 0 aliphatic heterocycles. The van der Waals surface area contributed by atoms with E-state index in [0.717, 1.165) is 11.8 Å². The van der Waals surface area contributed by atoms with Crippen molar-refractivity contribution in [3.63, 3.8) is 0 Å². The molecule has 160 valence electrons. The van der Waals surface area contributed by atoms with E-state index in [4.69, 9.17) is 4.98 Å². The third-order valence-corrected chi connectivity index (χ3v) is 7.65. The minimum atomic E-state index is -3.83. The Labute approximate surface area is 181 Å². The van der Waals surface area contributed by atoms with Gasteiger partial charge in [-0.25, -0.2) is 13.4 Å². The molecular weight excluding hydrogens is 410 g/mol. The topological polar surface area (TPSA) is 72.3 Å². The van der Waals surface area contributed by atoms with Gasteiger partial charge in [0.15, 0.2) is 0 Å². The van der Waals surface area contributed by atoms with Crippen LogP contribution in [0.3, 0.4) is 0 Å². The summed E-state index contributed by atoms with van der Waals surface area (Å²) in [5, 5.41) is 2.06. The average Bonchev–Trinajstić information content (AvgIpc) is 2.79. The number of aromatic nitrogens is 2. The Morgan fingerprint density at radius 1 is 0.968 bits per heavy atom. The number of hydrogen-bond donors (Lipinski definition) is 0. The van der Waals surface area contributed by atoms with E-state index < -0.39 is 16.1 Å². The quantitative estimate of drug-likeness (QED) is 0.452. The molecule has 0 saturated carbocycles. The zero-order valence-corrected chi connectivity index (χ0v) is 18.6. The number of benzene rings is 3. The SMILES string of the molecule is CCCn1c(C(C)N(C)S(=O)(=O)c2cccc3ccccc23)nc2ccccc2c1=O. The van der Waals surface area contributed by atoms with E-state index in [1.807, 2.05) is 49.4 Å². The highest BCUT2D eigenvalue weighted by Crippen LogP contribution is 2.30. The second kappa shape index (κ2) is 8.24. The average molecular weight is 436 g/mol. The second-order valence-corrected chi connectivity index (χ2v) is 9.58. The van der Waals surface area contributed by atoms with Crippen molar-refractivity contribution in [2.24, 2.45) is 0 Å². The van der Waals surface area contributed by atoms with Gasteiger partial charge >= 0.3 is 0 Å². The summed E-state index contributed by atoms with van der Waals surface area (Å²) >= 11 is 0. The van der Waals surface area contributed by atoms with Gasteiger partial charge in [0.2, 0.25) is 10.0 Å². The van der Waals surface area contributed by atoms with Crippen molar-refractivity contribution >= 4 is 31.7 Å². The highest BCUT2D eigenvalue weighted by atomic mass is 32.2. The monoisotopic (exact) mass is 435 g/mol. The lowest BCUT2D eigenvalue weighted by molar-refractivity contribution is 0.368. The van der Waals surface area contributed by atoms with Gasteiger partial charge in [-0.1, -0.05) is 55.5 Å². The zero-order chi connectivity index (χ0) is 22.2. The largest absolute Gasteiger partial charge is 0.295 e. The van der Waals surface area contributed by atoms with Crippen LogP contribution in [0.25, 0.3) is 21.7 Å². The Morgan fingerprint density at radius 2 is 1.61 bits per heavy atom. The molecule has 1 aromatic heterocycles. The molecule has 0 bridgehead atoms. The molecule has 31 heavy (non-hydrogen) atoms. The van der Waals surface area contributed by atoms with Crippen molar-refractivity contribution in [3.05, 3.63) is 82.9 Å². The van der Waals surface area contributed by atoms with E-state index >= 15 is 0 Å². The summed E-state index contributed by atoms with van der Waals surface area (Å²) in [7, 11) is -2.29. The number of hydrogen-bond acceptors (Lipinski definition) is 4. The summed E-state index contributed by atoms with van der Waals surface area (Å²) in [5.41, 5.74) is 0.419. The van der Waals surface area contributed by atoms with Crippen LogP contribution in [-0.2, 0) is 16.6 Å². The Hall–Kier alpha value is -3.03. The summed E-state index contributed by atoms with van der Waals surface area (Å²) in [6.07, 6.45) is 0.736. The van der Waals surface area contributed by atoms with Gasteiger partial charge in [-0.2, -0.15) is 4.31 Å². The molecule has 0 radical (unpaired) electrons. The smallest absolute Gasteiger partial charge is 0.261 e. The lowest BCUT2D eigenvalue weighted by atomic mass is 10.1. The second-order valence-electron chi connectivity index (χ2n) is 7.62. The van der Waals surface area contributed by atoms with E-state index in [1.54, 1.807) is 42.8 Å². The summed E-state index contributed by atoms with van der Waals surface area (Å²) < 4.78 is 30.1. The molecule has 1 heterocycles. The standard InChI is InChI=1S/C24H25N3O3S/c1-4-16-27-23(25-21-14-8-7-13-20(21)24(27)28)17(2)26(3)31(29,30)22-15-9-11-18-10-5-6-12-19(18)22/h5-15,17H,4,16H2,1-3H3. The first kappa shape index (κ1) is 21.2. The van der Waals surface area contributed by atoms with Gasteiger partial charge in [0.25, 0.3) is 5.56 Å². The van der Waals surface area contributed by atoms with Crippen LogP contribution in [-0.4, -0.2) is 29.3 Å². The lowest BCUT2D eigenvalue weighted by Crippen LogP contribution is -2.35. The maximum Gasteiger partial charge on any atom is 0.261 e. The first-order chi connectivity index (χ1) is 14.9. The molecule has 0 amide bonds. The lowest BCUT2D eigenvalue weighted by Gasteiger charge is -2.26. The molecule has 1 unspecified atom stereocenters. The van der Waals surface area contributed by atoms with Gasteiger partial charge in [0, 0.05) is 19.0 Å². The molecule has 0 aliphatic carbocycles. The molecule has 0 spiro atoms. The summed E-state index contributed by atoms with van der Waals surface area (Å²) in [6.45, 7) is 4.22. The van der Waals surface area contributed by atoms with E-state index in [1.165, 1.54) is 4.31 Å². The van der Waals surface area contributed by atoms with Gasteiger partial charge in [-0.05, 0) is 36.9 Å². The predicted molar refractivity (Wildman–Crippen MR) is 124 cm³/mol. The van der Waals surface area contributed by atoms with Gasteiger partial charge < -0.3 is 0 Å². The fourth-order valence-electron chi connectivity index (χ4n) is 3.89. The fraction of sp³-hybridized carbons (Fsp3) is 0.250. The zero-order valence-electron chi connectivity index (χ0n) is 17.8. The molecule has 4 aromatic rings. The predicted octanol–water partition coefficient (Wildman–Crippen LogP) is 4.34. The van der Waals surface area contributed by atoms with Gasteiger partial charge in [0.1, 0.15) is 5.82 Å². The van der Waals surface area contributed by atoms with Crippen LogP contribution in [0.2, 0.25) is 0 Å². The maximum atomic E-state index is 13.6. The molecule has 0 saturated heterocycles. The summed E-state index contributed by atoms with van der Waals surface area (Å²) in [5.74, 6) is 0.442. The first-order valence-electron chi connectivity index (χ1n) is 10.3. The molecule has 4 rings (SSSR count).